The van der Waals surface area contributed by atoms with Gasteiger partial charge < -0.3 is 9.47 Å². The Bertz CT molecular complexity index is 837. The van der Waals surface area contributed by atoms with Crippen LogP contribution in [0.5, 0.6) is 11.5 Å². The van der Waals surface area contributed by atoms with Crippen molar-refractivity contribution in [1.82, 2.24) is 10.9 Å². The van der Waals surface area contributed by atoms with Gasteiger partial charge in [-0.2, -0.15) is 10.2 Å². The SMILES string of the molecule is N=C(N/N=C/c1ccc(OC2CCCC2)cc1)N/N=C/c1ccc(OC2CCCC2)cc1. The molecule has 4 rings (SSSR count). The first-order valence-electron chi connectivity index (χ1n) is 11.4. The predicted octanol–water partition coefficient (Wildman–Crippen LogP) is 4.81. The van der Waals surface area contributed by atoms with Crippen LogP contribution in [0.25, 0.3) is 0 Å². The first kappa shape index (κ1) is 21.9. The number of nitrogens with zero attached hydrogens (tertiary/aromatic N) is 2. The van der Waals surface area contributed by atoms with Gasteiger partial charge in [0.2, 0.25) is 5.96 Å². The van der Waals surface area contributed by atoms with Crippen molar-refractivity contribution in [2.45, 2.75) is 63.6 Å². The summed E-state index contributed by atoms with van der Waals surface area (Å²) >= 11 is 0. The summed E-state index contributed by atoms with van der Waals surface area (Å²) in [5, 5.41) is 16.0. The van der Waals surface area contributed by atoms with Crippen LogP contribution in [-0.4, -0.2) is 30.6 Å². The van der Waals surface area contributed by atoms with Gasteiger partial charge in [0.15, 0.2) is 0 Å². The molecular weight excluding hydrogens is 402 g/mol. The van der Waals surface area contributed by atoms with Crippen molar-refractivity contribution in [1.29, 1.82) is 5.41 Å². The molecule has 2 aliphatic rings. The van der Waals surface area contributed by atoms with Crippen molar-refractivity contribution in [2.75, 3.05) is 0 Å². The van der Waals surface area contributed by atoms with E-state index < -0.39 is 0 Å². The van der Waals surface area contributed by atoms with E-state index in [1.54, 1.807) is 12.4 Å². The number of guanidine groups is 1. The number of hydrogen-bond donors (Lipinski definition) is 3. The second-order valence-electron chi connectivity index (χ2n) is 8.30. The smallest absolute Gasteiger partial charge is 0.230 e. The van der Waals surface area contributed by atoms with E-state index in [9.17, 15) is 0 Å². The molecule has 7 heteroatoms. The van der Waals surface area contributed by atoms with Crippen LogP contribution in [0.15, 0.2) is 58.7 Å². The molecule has 7 nitrogen and oxygen atoms in total. The van der Waals surface area contributed by atoms with Crippen LogP contribution < -0.4 is 20.3 Å². The maximum atomic E-state index is 7.85. The van der Waals surface area contributed by atoms with Gasteiger partial charge in [-0.1, -0.05) is 0 Å². The molecule has 0 radical (unpaired) electrons. The lowest BCUT2D eigenvalue weighted by Gasteiger charge is -2.12. The van der Waals surface area contributed by atoms with Crippen molar-refractivity contribution >= 4 is 18.4 Å². The Balaban J connectivity index is 1.16. The zero-order valence-electron chi connectivity index (χ0n) is 18.3. The summed E-state index contributed by atoms with van der Waals surface area (Å²) in [4.78, 5) is 0. The summed E-state index contributed by atoms with van der Waals surface area (Å²) in [5.41, 5.74) is 7.08. The van der Waals surface area contributed by atoms with E-state index in [0.717, 1.165) is 48.3 Å². The normalized spacial score (nSPS) is 17.2. The molecule has 0 aliphatic heterocycles. The summed E-state index contributed by atoms with van der Waals surface area (Å²) in [6.07, 6.45) is 13.6. The highest BCUT2D eigenvalue weighted by Crippen LogP contribution is 2.25. The number of hydrogen-bond acceptors (Lipinski definition) is 5. The average Bonchev–Trinajstić information content (AvgIpc) is 3.51. The molecular formula is C25H31N5O2. The molecule has 168 valence electrons. The van der Waals surface area contributed by atoms with Crippen LogP contribution in [0.1, 0.15) is 62.5 Å². The third-order valence-corrected chi connectivity index (χ3v) is 5.75. The Kier molecular flexibility index (Phi) is 7.74. The molecule has 0 heterocycles. The van der Waals surface area contributed by atoms with E-state index in [1.165, 1.54) is 25.7 Å². The van der Waals surface area contributed by atoms with Crippen molar-refractivity contribution in [3.05, 3.63) is 59.7 Å². The number of hydrazone groups is 2. The van der Waals surface area contributed by atoms with E-state index in [-0.39, 0.29) is 5.96 Å². The highest BCUT2D eigenvalue weighted by atomic mass is 16.5. The molecule has 2 fully saturated rings. The van der Waals surface area contributed by atoms with Crippen LogP contribution in [0, 0.1) is 5.41 Å². The van der Waals surface area contributed by atoms with E-state index in [0.29, 0.717) is 12.2 Å². The standard InChI is InChI=1S/C25H31N5O2/c26-25(29-27-17-19-9-13-23(14-10-19)31-21-5-1-2-6-21)30-28-18-20-11-15-24(16-12-20)32-22-7-3-4-8-22/h9-18,21-22H,1-8H2,(H3,26,29,30)/b27-17+,28-18+. The Morgan fingerprint density at radius 2 is 1.06 bits per heavy atom. The second kappa shape index (κ2) is 11.3. The largest absolute Gasteiger partial charge is 0.490 e. The molecule has 2 aliphatic carbocycles. The molecule has 3 N–H and O–H groups in total. The first-order chi connectivity index (χ1) is 15.7. The van der Waals surface area contributed by atoms with Crippen LogP contribution in [0.2, 0.25) is 0 Å². The monoisotopic (exact) mass is 433 g/mol. The number of ether oxygens (including phenoxy) is 2. The maximum absolute atomic E-state index is 7.85. The Morgan fingerprint density at radius 1 is 0.688 bits per heavy atom. The molecule has 32 heavy (non-hydrogen) atoms. The van der Waals surface area contributed by atoms with Gasteiger partial charge in [-0.3, -0.25) is 5.41 Å². The third-order valence-electron chi connectivity index (χ3n) is 5.75. The van der Waals surface area contributed by atoms with Crippen molar-refractivity contribution < 1.29 is 9.47 Å². The van der Waals surface area contributed by atoms with Gasteiger partial charge in [0, 0.05) is 0 Å². The zero-order chi connectivity index (χ0) is 22.0. The number of benzene rings is 2. The lowest BCUT2D eigenvalue weighted by atomic mass is 10.2. The van der Waals surface area contributed by atoms with E-state index in [2.05, 4.69) is 21.1 Å². The van der Waals surface area contributed by atoms with Crippen LogP contribution in [0.3, 0.4) is 0 Å². The molecule has 0 bridgehead atoms. The first-order valence-corrected chi connectivity index (χ1v) is 11.4. The minimum Gasteiger partial charge on any atom is -0.490 e. The molecule has 0 unspecified atom stereocenters. The van der Waals surface area contributed by atoms with E-state index in [1.807, 2.05) is 48.5 Å². The molecule has 0 atom stereocenters. The van der Waals surface area contributed by atoms with Crippen LogP contribution in [-0.2, 0) is 0 Å². The third kappa shape index (κ3) is 6.83. The van der Waals surface area contributed by atoms with Gasteiger partial charge in [-0.05, 0) is 111 Å². The minimum absolute atomic E-state index is 0.0140. The van der Waals surface area contributed by atoms with E-state index in [4.69, 9.17) is 14.9 Å². The zero-order valence-corrected chi connectivity index (χ0v) is 18.3. The number of nitrogens with one attached hydrogen (secondary N) is 3. The van der Waals surface area contributed by atoms with Gasteiger partial charge in [0.05, 0.1) is 24.6 Å². The number of rotatable bonds is 8. The lowest BCUT2D eigenvalue weighted by molar-refractivity contribution is 0.210. The highest BCUT2D eigenvalue weighted by molar-refractivity contribution is 5.84. The average molecular weight is 434 g/mol. The fourth-order valence-electron chi connectivity index (χ4n) is 4.03. The van der Waals surface area contributed by atoms with Crippen LogP contribution in [0.4, 0.5) is 0 Å². The quantitative estimate of drug-likeness (QED) is 0.316. The minimum atomic E-state index is -0.0140. The second-order valence-corrected chi connectivity index (χ2v) is 8.30. The van der Waals surface area contributed by atoms with Crippen LogP contribution >= 0.6 is 0 Å². The van der Waals surface area contributed by atoms with Gasteiger partial charge >= 0.3 is 0 Å². The van der Waals surface area contributed by atoms with Gasteiger partial charge in [0.25, 0.3) is 0 Å². The van der Waals surface area contributed by atoms with Crippen molar-refractivity contribution in [2.24, 2.45) is 10.2 Å². The molecule has 0 spiro atoms. The summed E-state index contributed by atoms with van der Waals surface area (Å²) in [7, 11) is 0. The van der Waals surface area contributed by atoms with Gasteiger partial charge in [-0.15, -0.1) is 0 Å². The fraction of sp³-hybridized carbons (Fsp3) is 0.400. The predicted molar refractivity (Wildman–Crippen MR) is 128 cm³/mol. The summed E-state index contributed by atoms with van der Waals surface area (Å²) in [6, 6.07) is 15.6. The summed E-state index contributed by atoms with van der Waals surface area (Å²) in [6.45, 7) is 0. The Morgan fingerprint density at radius 3 is 1.44 bits per heavy atom. The van der Waals surface area contributed by atoms with Crippen molar-refractivity contribution in [3.63, 3.8) is 0 Å². The molecule has 2 aromatic rings. The van der Waals surface area contributed by atoms with Gasteiger partial charge in [0.1, 0.15) is 11.5 Å². The van der Waals surface area contributed by atoms with E-state index >= 15 is 0 Å². The molecule has 0 aromatic heterocycles. The Labute approximate surface area is 189 Å². The Hall–Kier alpha value is -3.35. The summed E-state index contributed by atoms with van der Waals surface area (Å²) < 4.78 is 11.9. The van der Waals surface area contributed by atoms with Gasteiger partial charge in [-0.25, -0.2) is 10.9 Å². The fourth-order valence-corrected chi connectivity index (χ4v) is 4.03. The molecule has 2 saturated carbocycles. The summed E-state index contributed by atoms with van der Waals surface area (Å²) in [5.74, 6) is 1.77. The molecule has 2 aromatic carbocycles. The molecule has 0 saturated heterocycles. The maximum Gasteiger partial charge on any atom is 0.230 e. The topological polar surface area (TPSA) is 91.1 Å². The molecule has 0 amide bonds. The highest BCUT2D eigenvalue weighted by Gasteiger charge is 2.16. The van der Waals surface area contributed by atoms with Crippen molar-refractivity contribution in [3.8, 4) is 11.5 Å². The lowest BCUT2D eigenvalue weighted by Crippen LogP contribution is -2.29.